The Hall–Kier alpha value is -2.97. The third kappa shape index (κ3) is 5.25. The summed E-state index contributed by atoms with van der Waals surface area (Å²) in [5.41, 5.74) is -3.42. The van der Waals surface area contributed by atoms with Gasteiger partial charge in [0.2, 0.25) is 11.8 Å². The maximum absolute atomic E-state index is 15.1. The smallest absolute Gasteiger partial charge is 0.229 e. The summed E-state index contributed by atoms with van der Waals surface area (Å²) in [4.78, 5) is 37.9. The van der Waals surface area contributed by atoms with Crippen molar-refractivity contribution in [3.05, 3.63) is 55.7 Å². The molecule has 2 N–H and O–H groups in total. The van der Waals surface area contributed by atoms with Gasteiger partial charge in [0.05, 0.1) is 26.8 Å². The van der Waals surface area contributed by atoms with E-state index in [9.17, 15) is 18.8 Å². The minimum atomic E-state index is -1.08. The first-order valence-corrected chi connectivity index (χ1v) is 11.8. The monoisotopic (exact) mass is 538 g/mol. The number of anilines is 2. The highest BCUT2D eigenvalue weighted by Crippen LogP contribution is 2.38. The maximum atomic E-state index is 15.1. The fraction of sp³-hybridized carbons (Fsp3) is 0.346. The number of halogens is 4. The van der Waals surface area contributed by atoms with Crippen LogP contribution in [0.1, 0.15) is 47.1 Å². The Balaban J connectivity index is 2.20. The molecule has 3 rings (SSSR count). The Morgan fingerprint density at radius 2 is 1.31 bits per heavy atom. The third-order valence-electron chi connectivity index (χ3n) is 5.44. The molecule has 0 atom stereocenters. The predicted octanol–water partition coefficient (Wildman–Crippen LogP) is 7.32. The zero-order valence-electron chi connectivity index (χ0n) is 20.9. The molecule has 0 aliphatic carbocycles. The Morgan fingerprint density at radius 3 is 1.78 bits per heavy atom. The van der Waals surface area contributed by atoms with Crippen molar-refractivity contribution in [1.29, 1.82) is 0 Å². The van der Waals surface area contributed by atoms with Crippen molar-refractivity contribution in [3.63, 3.8) is 0 Å². The summed E-state index contributed by atoms with van der Waals surface area (Å²) >= 11 is 12.7. The second-order valence-electron chi connectivity index (χ2n) is 10.5. The average molecular weight is 539 g/mol. The molecule has 0 unspecified atom stereocenters. The van der Waals surface area contributed by atoms with Gasteiger partial charge < -0.3 is 15.1 Å². The van der Waals surface area contributed by atoms with Crippen molar-refractivity contribution >= 4 is 57.4 Å². The summed E-state index contributed by atoms with van der Waals surface area (Å²) in [6, 6.07) is 3.82. The number of benzene rings is 2. The van der Waals surface area contributed by atoms with Gasteiger partial charge in [0.15, 0.2) is 22.6 Å². The van der Waals surface area contributed by atoms with Crippen LogP contribution in [0.4, 0.5) is 20.2 Å². The summed E-state index contributed by atoms with van der Waals surface area (Å²) in [6.07, 6.45) is 0. The molecular weight excluding hydrogens is 513 g/mol. The molecule has 2 aromatic carbocycles. The molecule has 1 aromatic heterocycles. The summed E-state index contributed by atoms with van der Waals surface area (Å²) in [5.74, 6) is -3.13. The maximum Gasteiger partial charge on any atom is 0.229 e. The lowest BCUT2D eigenvalue weighted by atomic mass is 9.95. The molecule has 0 saturated heterocycles. The predicted molar refractivity (Wildman–Crippen MR) is 139 cm³/mol. The van der Waals surface area contributed by atoms with Gasteiger partial charge >= 0.3 is 0 Å². The highest BCUT2D eigenvalue weighted by molar-refractivity contribution is 6.40. The van der Waals surface area contributed by atoms with E-state index >= 15 is 4.39 Å². The van der Waals surface area contributed by atoms with Crippen molar-refractivity contribution in [2.24, 2.45) is 10.8 Å². The van der Waals surface area contributed by atoms with Crippen LogP contribution < -0.4 is 16.1 Å². The van der Waals surface area contributed by atoms with Gasteiger partial charge in [-0.05, 0) is 19.1 Å². The van der Waals surface area contributed by atoms with Gasteiger partial charge in [-0.15, -0.1) is 0 Å². The average Bonchev–Trinajstić information content (AvgIpc) is 2.75. The van der Waals surface area contributed by atoms with E-state index in [0.717, 1.165) is 6.07 Å². The first-order valence-electron chi connectivity index (χ1n) is 11.0. The van der Waals surface area contributed by atoms with Crippen molar-refractivity contribution in [3.8, 4) is 11.3 Å². The van der Waals surface area contributed by atoms with Crippen LogP contribution in [-0.4, -0.2) is 11.8 Å². The van der Waals surface area contributed by atoms with Crippen molar-refractivity contribution in [2.75, 3.05) is 10.6 Å². The number of hydrogen-bond acceptors (Lipinski definition) is 4. The molecule has 6 nitrogen and oxygen atoms in total. The van der Waals surface area contributed by atoms with E-state index in [2.05, 4.69) is 10.6 Å². The molecule has 3 aromatic rings. The summed E-state index contributed by atoms with van der Waals surface area (Å²) in [5, 5.41) is 4.74. The molecule has 0 saturated carbocycles. The second kappa shape index (κ2) is 9.48. The van der Waals surface area contributed by atoms with Gasteiger partial charge in [0.1, 0.15) is 5.76 Å². The molecule has 0 spiro atoms. The normalized spacial score (nSPS) is 12.1. The van der Waals surface area contributed by atoms with Crippen molar-refractivity contribution < 1.29 is 22.8 Å². The Kier molecular flexibility index (Phi) is 7.27. The fourth-order valence-electron chi connectivity index (χ4n) is 3.15. The zero-order chi connectivity index (χ0) is 27.3. The van der Waals surface area contributed by atoms with E-state index < -0.39 is 56.0 Å². The van der Waals surface area contributed by atoms with Crippen LogP contribution in [-0.2, 0) is 9.59 Å². The van der Waals surface area contributed by atoms with Crippen LogP contribution in [0.15, 0.2) is 27.4 Å². The molecular formula is C26H26Cl2F2N2O4. The van der Waals surface area contributed by atoms with E-state index in [-0.39, 0.29) is 33.0 Å². The topological polar surface area (TPSA) is 88.4 Å². The molecule has 0 aliphatic heterocycles. The largest absolute Gasteiger partial charge is 0.453 e. The SMILES string of the molecule is Cc1c(F)c(NC(=O)C(C)(C)C)c2c(=O)cc(-c3cc(Cl)c(NC(=O)C(C)(C)C)c(Cl)c3)oc2c1F. The Bertz CT molecular complexity index is 1450. The third-order valence-corrected chi connectivity index (χ3v) is 6.04. The van der Waals surface area contributed by atoms with Crippen LogP contribution in [0.2, 0.25) is 10.0 Å². The fourth-order valence-corrected chi connectivity index (χ4v) is 3.73. The van der Waals surface area contributed by atoms with E-state index in [1.54, 1.807) is 41.5 Å². The highest BCUT2D eigenvalue weighted by Gasteiger charge is 2.28. The van der Waals surface area contributed by atoms with Gasteiger partial charge in [-0.1, -0.05) is 64.7 Å². The number of rotatable bonds is 3. The zero-order valence-corrected chi connectivity index (χ0v) is 22.4. The molecule has 0 radical (unpaired) electrons. The van der Waals surface area contributed by atoms with Crippen molar-refractivity contribution in [1.82, 2.24) is 0 Å². The molecule has 192 valence electrons. The van der Waals surface area contributed by atoms with Crippen LogP contribution in [0.3, 0.4) is 0 Å². The van der Waals surface area contributed by atoms with E-state index in [0.29, 0.717) is 0 Å². The lowest BCUT2D eigenvalue weighted by Crippen LogP contribution is -2.29. The minimum absolute atomic E-state index is 0.0618. The number of nitrogens with one attached hydrogen (secondary N) is 2. The van der Waals surface area contributed by atoms with Gasteiger partial charge in [0, 0.05) is 28.0 Å². The number of carbonyl (C=O) groups excluding carboxylic acids is 2. The molecule has 36 heavy (non-hydrogen) atoms. The van der Waals surface area contributed by atoms with E-state index in [1.807, 2.05) is 0 Å². The lowest BCUT2D eigenvalue weighted by molar-refractivity contribution is -0.123. The van der Waals surface area contributed by atoms with Gasteiger partial charge in [-0.25, -0.2) is 8.78 Å². The van der Waals surface area contributed by atoms with Crippen LogP contribution in [0.5, 0.6) is 0 Å². The number of amides is 2. The number of carbonyl (C=O) groups is 2. The van der Waals surface area contributed by atoms with Crippen LogP contribution in [0.25, 0.3) is 22.3 Å². The summed E-state index contributed by atoms with van der Waals surface area (Å²) in [7, 11) is 0. The quantitative estimate of drug-likeness (QED) is 0.365. The van der Waals surface area contributed by atoms with Crippen LogP contribution in [0, 0.1) is 29.4 Å². The molecule has 0 fully saturated rings. The van der Waals surface area contributed by atoms with Gasteiger partial charge in [-0.3, -0.25) is 14.4 Å². The first kappa shape index (κ1) is 27.6. The highest BCUT2D eigenvalue weighted by atomic mass is 35.5. The van der Waals surface area contributed by atoms with Gasteiger partial charge in [-0.2, -0.15) is 0 Å². The van der Waals surface area contributed by atoms with E-state index in [1.165, 1.54) is 19.1 Å². The molecule has 2 amide bonds. The van der Waals surface area contributed by atoms with Crippen LogP contribution >= 0.6 is 23.2 Å². The first-order chi connectivity index (χ1) is 16.4. The number of fused-ring (bicyclic) bond motifs is 1. The Morgan fingerprint density at radius 1 is 0.833 bits per heavy atom. The minimum Gasteiger partial charge on any atom is -0.453 e. The van der Waals surface area contributed by atoms with Gasteiger partial charge in [0.25, 0.3) is 0 Å². The standard InChI is InChI=1S/C26H26Cl2F2N2O4/c1-11-18(29)21(32-24(35)26(5,6)7)17-15(33)10-16(36-22(17)19(11)30)12-8-13(27)20(14(28)9-12)31-23(34)25(2,3)4/h8-10H,1-7H3,(H,31,34)(H,32,35). The number of hydrogen-bond donors (Lipinski definition) is 2. The van der Waals surface area contributed by atoms with E-state index in [4.69, 9.17) is 27.6 Å². The Labute approximate surface area is 217 Å². The summed E-state index contributed by atoms with van der Waals surface area (Å²) in [6.45, 7) is 11.2. The molecule has 0 aliphatic rings. The van der Waals surface area contributed by atoms with Crippen molar-refractivity contribution in [2.45, 2.75) is 48.5 Å². The molecule has 10 heteroatoms. The lowest BCUT2D eigenvalue weighted by Gasteiger charge is -2.20. The molecule has 0 bridgehead atoms. The summed E-state index contributed by atoms with van der Waals surface area (Å²) < 4.78 is 35.7. The second-order valence-corrected chi connectivity index (χ2v) is 11.3. The molecule has 1 heterocycles.